The molecule has 1 aromatic heterocycles. The van der Waals surface area contributed by atoms with Crippen molar-refractivity contribution in [2.24, 2.45) is 13.0 Å². The van der Waals surface area contributed by atoms with Crippen molar-refractivity contribution in [2.75, 3.05) is 32.9 Å². The average Bonchev–Trinajstić information content (AvgIpc) is 3.07. The highest BCUT2D eigenvalue weighted by atomic mass is 32.2. The number of hydrogen-bond donors (Lipinski definition) is 0. The molecule has 148 valence electrons. The molecule has 0 unspecified atom stereocenters. The van der Waals surface area contributed by atoms with Gasteiger partial charge in [0, 0.05) is 59.9 Å². The summed E-state index contributed by atoms with van der Waals surface area (Å²) in [6, 6.07) is 8.62. The Kier molecular flexibility index (Phi) is 6.84. The molecule has 0 aliphatic carbocycles. The first-order chi connectivity index (χ1) is 13.0. The highest BCUT2D eigenvalue weighted by Crippen LogP contribution is 2.36. The smallest absolute Gasteiger partial charge is 0.0537 e. The van der Waals surface area contributed by atoms with Crippen LogP contribution in [0.2, 0.25) is 0 Å². The highest BCUT2D eigenvalue weighted by molar-refractivity contribution is 7.84. The molecule has 1 aromatic carbocycles. The van der Waals surface area contributed by atoms with E-state index in [1.807, 2.05) is 30.1 Å². The molecule has 27 heavy (non-hydrogen) atoms. The summed E-state index contributed by atoms with van der Waals surface area (Å²) in [4.78, 5) is 5.92. The Hall–Kier alpha value is -1.50. The van der Waals surface area contributed by atoms with E-state index in [1.165, 1.54) is 30.5 Å². The number of piperidine rings is 1. The van der Waals surface area contributed by atoms with E-state index in [0.717, 1.165) is 24.5 Å². The Bertz CT molecular complexity index is 758. The molecule has 2 aromatic rings. The predicted molar refractivity (Wildman–Crippen MR) is 111 cm³/mol. The fourth-order valence-electron chi connectivity index (χ4n) is 4.34. The second-order valence-corrected chi connectivity index (χ2v) is 9.10. The number of nitrogens with zero attached hydrogens (tertiary/aromatic N) is 4. The van der Waals surface area contributed by atoms with Gasteiger partial charge in [-0.1, -0.05) is 19.1 Å². The topological polar surface area (TPSA) is 41.4 Å². The minimum Gasteiger partial charge on any atom is -0.302 e. The summed E-state index contributed by atoms with van der Waals surface area (Å²) in [6.07, 6.45) is 8.46. The minimum atomic E-state index is -0.912. The average molecular weight is 389 g/mol. The highest BCUT2D eigenvalue weighted by Gasteiger charge is 2.33. The van der Waals surface area contributed by atoms with Crippen molar-refractivity contribution in [2.45, 2.75) is 37.2 Å². The molecule has 0 amide bonds. The monoisotopic (exact) mass is 388 g/mol. The maximum absolute atomic E-state index is 11.6. The van der Waals surface area contributed by atoms with Crippen LogP contribution < -0.4 is 0 Å². The van der Waals surface area contributed by atoms with Crippen LogP contribution in [0.25, 0.3) is 0 Å². The molecule has 1 aliphatic rings. The van der Waals surface area contributed by atoms with Gasteiger partial charge in [-0.3, -0.25) is 13.8 Å². The van der Waals surface area contributed by atoms with Crippen molar-refractivity contribution < 1.29 is 4.21 Å². The van der Waals surface area contributed by atoms with Crippen LogP contribution in [0.1, 0.15) is 36.9 Å². The number of benzene rings is 1. The zero-order chi connectivity index (χ0) is 19.4. The van der Waals surface area contributed by atoms with Gasteiger partial charge in [-0.05, 0) is 56.6 Å². The van der Waals surface area contributed by atoms with Gasteiger partial charge in [-0.15, -0.1) is 0 Å². The zero-order valence-corrected chi connectivity index (χ0v) is 17.8. The second-order valence-electron chi connectivity index (χ2n) is 7.72. The number of hydrogen-bond acceptors (Lipinski definition) is 4. The Morgan fingerprint density at radius 2 is 2.04 bits per heavy atom. The Balaban J connectivity index is 1.68. The van der Waals surface area contributed by atoms with Crippen LogP contribution in [0.4, 0.5) is 0 Å². The summed E-state index contributed by atoms with van der Waals surface area (Å²) in [5.41, 5.74) is 2.61. The van der Waals surface area contributed by atoms with Crippen molar-refractivity contribution in [1.29, 1.82) is 0 Å². The summed E-state index contributed by atoms with van der Waals surface area (Å²) in [5.74, 6) is 0.607. The van der Waals surface area contributed by atoms with E-state index in [2.05, 4.69) is 47.2 Å². The minimum absolute atomic E-state index is 0.449. The molecule has 6 heteroatoms. The summed E-state index contributed by atoms with van der Waals surface area (Å²) in [5, 5.41) is 4.42. The molecule has 0 radical (unpaired) electrons. The molecular weight excluding hydrogens is 356 g/mol. The summed E-state index contributed by atoms with van der Waals surface area (Å²) < 4.78 is 13.5. The first-order valence-corrected chi connectivity index (χ1v) is 11.4. The quantitative estimate of drug-likeness (QED) is 0.731. The fraction of sp³-hybridized carbons (Fsp3) is 0.571. The normalized spacial score (nSPS) is 22.3. The number of aryl methyl sites for hydroxylation is 1. The molecule has 0 spiro atoms. The molecule has 0 saturated carbocycles. The van der Waals surface area contributed by atoms with Crippen molar-refractivity contribution in [3.05, 3.63) is 47.8 Å². The third kappa shape index (κ3) is 5.06. The van der Waals surface area contributed by atoms with Crippen LogP contribution in [0.5, 0.6) is 0 Å². The van der Waals surface area contributed by atoms with E-state index in [1.54, 1.807) is 6.26 Å². The standard InChI is InChI=1S/C21H32N4OS/c1-5-25-12-6-7-18(21(25)19-13-22-24(3)16-19)15-23(2)14-17-8-10-20(11-9-17)27(4)26/h8-11,13,16,18,21H,5-7,12,14-15H2,1-4H3/t18-,21+,27-/m0/s1. The second kappa shape index (κ2) is 9.13. The number of rotatable bonds is 7. The molecular formula is C21H32N4OS. The molecule has 0 N–H and O–H groups in total. The lowest BCUT2D eigenvalue weighted by molar-refractivity contribution is 0.0749. The number of likely N-dealkylation sites (tertiary alicyclic amines) is 1. The van der Waals surface area contributed by atoms with Gasteiger partial charge in [0.15, 0.2) is 0 Å². The first kappa shape index (κ1) is 20.2. The molecule has 1 fully saturated rings. The van der Waals surface area contributed by atoms with Crippen LogP contribution >= 0.6 is 0 Å². The van der Waals surface area contributed by atoms with Gasteiger partial charge in [-0.25, -0.2) is 0 Å². The van der Waals surface area contributed by atoms with Gasteiger partial charge in [-0.2, -0.15) is 5.10 Å². The fourth-order valence-corrected chi connectivity index (χ4v) is 4.86. The van der Waals surface area contributed by atoms with E-state index >= 15 is 0 Å². The van der Waals surface area contributed by atoms with Crippen molar-refractivity contribution in [1.82, 2.24) is 19.6 Å². The van der Waals surface area contributed by atoms with Crippen LogP contribution in [0, 0.1) is 5.92 Å². The lowest BCUT2D eigenvalue weighted by Crippen LogP contribution is -2.42. The van der Waals surface area contributed by atoms with Crippen LogP contribution in [-0.4, -0.2) is 56.7 Å². The summed E-state index contributed by atoms with van der Waals surface area (Å²) >= 11 is 0. The van der Waals surface area contributed by atoms with Crippen LogP contribution in [-0.2, 0) is 24.4 Å². The first-order valence-electron chi connectivity index (χ1n) is 9.81. The molecule has 1 saturated heterocycles. The van der Waals surface area contributed by atoms with Gasteiger partial charge in [0.25, 0.3) is 0 Å². The molecule has 5 nitrogen and oxygen atoms in total. The van der Waals surface area contributed by atoms with Crippen molar-refractivity contribution in [3.8, 4) is 0 Å². The molecule has 0 bridgehead atoms. The lowest BCUT2D eigenvalue weighted by Gasteiger charge is -2.42. The molecule has 3 rings (SSSR count). The van der Waals surface area contributed by atoms with Gasteiger partial charge in [0.05, 0.1) is 6.20 Å². The predicted octanol–water partition coefficient (Wildman–Crippen LogP) is 3.06. The Labute approximate surface area is 165 Å². The van der Waals surface area contributed by atoms with Gasteiger partial charge in [0.2, 0.25) is 0 Å². The van der Waals surface area contributed by atoms with Gasteiger partial charge in [0.1, 0.15) is 0 Å². The van der Waals surface area contributed by atoms with Crippen molar-refractivity contribution in [3.63, 3.8) is 0 Å². The summed E-state index contributed by atoms with van der Waals surface area (Å²) in [6.45, 7) is 6.49. The van der Waals surface area contributed by atoms with E-state index in [4.69, 9.17) is 0 Å². The van der Waals surface area contributed by atoms with E-state index < -0.39 is 10.8 Å². The van der Waals surface area contributed by atoms with Crippen LogP contribution in [0.3, 0.4) is 0 Å². The van der Waals surface area contributed by atoms with Gasteiger partial charge >= 0.3 is 0 Å². The van der Waals surface area contributed by atoms with Gasteiger partial charge < -0.3 is 4.90 Å². The zero-order valence-electron chi connectivity index (χ0n) is 17.0. The maximum atomic E-state index is 11.6. The van der Waals surface area contributed by atoms with E-state index in [-0.39, 0.29) is 0 Å². The van der Waals surface area contributed by atoms with Crippen LogP contribution in [0.15, 0.2) is 41.6 Å². The Morgan fingerprint density at radius 1 is 1.30 bits per heavy atom. The molecule has 2 heterocycles. The summed E-state index contributed by atoms with van der Waals surface area (Å²) in [7, 11) is 3.29. The Morgan fingerprint density at radius 3 is 2.63 bits per heavy atom. The molecule has 3 atom stereocenters. The maximum Gasteiger partial charge on any atom is 0.0537 e. The van der Waals surface area contributed by atoms with Crippen molar-refractivity contribution >= 4 is 10.8 Å². The third-order valence-electron chi connectivity index (χ3n) is 5.59. The molecule has 1 aliphatic heterocycles. The lowest BCUT2D eigenvalue weighted by atomic mass is 9.85. The number of aromatic nitrogens is 2. The SMILES string of the molecule is CCN1CCC[C@@H](CN(C)Cc2ccc([S@](C)=O)cc2)[C@@H]1c1cnn(C)c1. The van der Waals surface area contributed by atoms with E-state index in [9.17, 15) is 4.21 Å². The third-order valence-corrected chi connectivity index (χ3v) is 6.52. The van der Waals surface area contributed by atoms with E-state index in [0.29, 0.717) is 12.0 Å². The largest absolute Gasteiger partial charge is 0.302 e.